The Morgan fingerprint density at radius 2 is 1.86 bits per heavy atom. The van der Waals surface area contributed by atoms with E-state index in [0.29, 0.717) is 5.56 Å². The minimum atomic E-state index is -0.348. The van der Waals surface area contributed by atoms with Gasteiger partial charge in [0.05, 0.1) is 15.9 Å². The third-order valence-electron chi connectivity index (χ3n) is 1.92. The van der Waals surface area contributed by atoms with E-state index >= 15 is 0 Å². The minimum Gasteiger partial charge on any atom is -0.258 e. The van der Waals surface area contributed by atoms with Gasteiger partial charge in [0.15, 0.2) is 0 Å². The van der Waals surface area contributed by atoms with Crippen molar-refractivity contribution >= 4 is 17.0 Å². The summed E-state index contributed by atoms with van der Waals surface area (Å²) in [6, 6.07) is 9.37. The lowest BCUT2D eigenvalue weighted by Gasteiger charge is -1.96. The highest BCUT2D eigenvalue weighted by atomic mass is 32.1. The number of hydrogen-bond donors (Lipinski definition) is 0. The van der Waals surface area contributed by atoms with Crippen molar-refractivity contribution in [2.45, 2.75) is 0 Å². The van der Waals surface area contributed by atoms with Crippen molar-refractivity contribution in [3.05, 3.63) is 51.2 Å². The third kappa shape index (κ3) is 1.52. The van der Waals surface area contributed by atoms with Gasteiger partial charge < -0.3 is 0 Å². The number of thiophene rings is 1. The minimum absolute atomic E-state index is 0.182. The molecule has 2 aromatic rings. The molecule has 70 valence electrons. The number of hydrogen-bond acceptors (Lipinski definition) is 3. The standard InChI is InChI=1S/C10H7NO2S/c12-11(13)10-7-14-6-9(10)8-4-2-1-3-5-8/h1-7H. The molecule has 0 saturated carbocycles. The molecule has 14 heavy (non-hydrogen) atoms. The van der Waals surface area contributed by atoms with Gasteiger partial charge in [0.1, 0.15) is 0 Å². The third-order valence-corrected chi connectivity index (χ3v) is 2.65. The lowest BCUT2D eigenvalue weighted by molar-refractivity contribution is -0.383. The van der Waals surface area contributed by atoms with Crippen LogP contribution < -0.4 is 0 Å². The second-order valence-electron chi connectivity index (χ2n) is 2.79. The highest BCUT2D eigenvalue weighted by Gasteiger charge is 2.15. The van der Waals surface area contributed by atoms with Gasteiger partial charge in [-0.05, 0) is 5.56 Å². The summed E-state index contributed by atoms with van der Waals surface area (Å²) in [6.07, 6.45) is 0. The van der Waals surface area contributed by atoms with Crippen LogP contribution in [0.1, 0.15) is 0 Å². The Kier molecular flexibility index (Phi) is 2.28. The largest absolute Gasteiger partial charge is 0.287 e. The molecule has 0 aliphatic rings. The highest BCUT2D eigenvalue weighted by Crippen LogP contribution is 2.32. The fourth-order valence-corrected chi connectivity index (χ4v) is 2.07. The number of nitrogens with zero attached hydrogens (tertiary/aromatic N) is 1. The van der Waals surface area contributed by atoms with Crippen LogP contribution in [0.4, 0.5) is 5.69 Å². The van der Waals surface area contributed by atoms with Crippen molar-refractivity contribution < 1.29 is 4.92 Å². The number of rotatable bonds is 2. The maximum atomic E-state index is 10.7. The van der Waals surface area contributed by atoms with Gasteiger partial charge in [-0.2, -0.15) is 0 Å². The average molecular weight is 205 g/mol. The lowest BCUT2D eigenvalue weighted by Crippen LogP contribution is -1.87. The zero-order valence-corrected chi connectivity index (χ0v) is 8.03. The van der Waals surface area contributed by atoms with Gasteiger partial charge in [-0.25, -0.2) is 0 Å². The molecule has 0 aliphatic heterocycles. The zero-order chi connectivity index (χ0) is 9.97. The van der Waals surface area contributed by atoms with E-state index in [-0.39, 0.29) is 10.6 Å². The van der Waals surface area contributed by atoms with Crippen LogP contribution in [0, 0.1) is 10.1 Å². The predicted octanol–water partition coefficient (Wildman–Crippen LogP) is 3.32. The van der Waals surface area contributed by atoms with Gasteiger partial charge in [0.2, 0.25) is 0 Å². The molecule has 2 rings (SSSR count). The van der Waals surface area contributed by atoms with Crippen molar-refractivity contribution in [1.29, 1.82) is 0 Å². The molecule has 0 bridgehead atoms. The SMILES string of the molecule is O=[N+]([O-])c1cscc1-c1ccccc1. The average Bonchev–Trinajstić information content (AvgIpc) is 2.67. The quantitative estimate of drug-likeness (QED) is 0.557. The van der Waals surface area contributed by atoms with E-state index in [4.69, 9.17) is 0 Å². The normalized spacial score (nSPS) is 10.0. The van der Waals surface area contributed by atoms with E-state index in [1.54, 1.807) is 10.8 Å². The Labute approximate surface area is 84.8 Å². The van der Waals surface area contributed by atoms with E-state index in [0.717, 1.165) is 5.56 Å². The zero-order valence-electron chi connectivity index (χ0n) is 7.21. The smallest absolute Gasteiger partial charge is 0.258 e. The summed E-state index contributed by atoms with van der Waals surface area (Å²) in [5, 5.41) is 14.0. The first-order valence-electron chi connectivity index (χ1n) is 4.05. The van der Waals surface area contributed by atoms with Gasteiger partial charge in [0.25, 0.3) is 5.69 Å². The Hall–Kier alpha value is -1.68. The molecule has 1 aromatic carbocycles. The Morgan fingerprint density at radius 1 is 1.14 bits per heavy atom. The number of nitro groups is 1. The Balaban J connectivity index is 2.52. The maximum absolute atomic E-state index is 10.7. The van der Waals surface area contributed by atoms with Crippen LogP contribution in [-0.2, 0) is 0 Å². The van der Waals surface area contributed by atoms with Crippen molar-refractivity contribution in [2.24, 2.45) is 0 Å². The van der Waals surface area contributed by atoms with Gasteiger partial charge in [0, 0.05) is 5.38 Å². The molecule has 4 heteroatoms. The van der Waals surface area contributed by atoms with Crippen molar-refractivity contribution in [3.8, 4) is 11.1 Å². The summed E-state index contributed by atoms with van der Waals surface area (Å²) in [7, 11) is 0. The Bertz CT molecular complexity index is 450. The lowest BCUT2D eigenvalue weighted by atomic mass is 10.1. The van der Waals surface area contributed by atoms with E-state index in [1.807, 2.05) is 30.3 Å². The van der Waals surface area contributed by atoms with E-state index in [1.165, 1.54) is 11.3 Å². The second-order valence-corrected chi connectivity index (χ2v) is 3.54. The molecule has 0 spiro atoms. The molecule has 0 atom stereocenters. The van der Waals surface area contributed by atoms with Gasteiger partial charge in [-0.15, -0.1) is 11.3 Å². The molecular weight excluding hydrogens is 198 g/mol. The summed E-state index contributed by atoms with van der Waals surface area (Å²) >= 11 is 1.35. The topological polar surface area (TPSA) is 43.1 Å². The van der Waals surface area contributed by atoms with Crippen LogP contribution in [0.25, 0.3) is 11.1 Å². The van der Waals surface area contributed by atoms with Crippen LogP contribution >= 0.6 is 11.3 Å². The summed E-state index contributed by atoms with van der Waals surface area (Å²) in [4.78, 5) is 10.3. The summed E-state index contributed by atoms with van der Waals surface area (Å²) in [6.45, 7) is 0. The van der Waals surface area contributed by atoms with Crippen LogP contribution in [0.3, 0.4) is 0 Å². The molecule has 0 unspecified atom stereocenters. The second kappa shape index (κ2) is 3.59. The molecule has 1 heterocycles. The summed E-state index contributed by atoms with van der Waals surface area (Å²) in [5.41, 5.74) is 1.77. The van der Waals surface area contributed by atoms with Crippen LogP contribution in [0.15, 0.2) is 41.1 Å². The summed E-state index contributed by atoms with van der Waals surface area (Å²) < 4.78 is 0. The van der Waals surface area contributed by atoms with Crippen LogP contribution in [0.2, 0.25) is 0 Å². The van der Waals surface area contributed by atoms with Crippen molar-refractivity contribution in [2.75, 3.05) is 0 Å². The van der Waals surface area contributed by atoms with E-state index < -0.39 is 0 Å². The monoisotopic (exact) mass is 205 g/mol. The highest BCUT2D eigenvalue weighted by molar-refractivity contribution is 7.08. The van der Waals surface area contributed by atoms with Crippen molar-refractivity contribution in [3.63, 3.8) is 0 Å². The predicted molar refractivity (Wildman–Crippen MR) is 56.4 cm³/mol. The maximum Gasteiger partial charge on any atom is 0.287 e. The fraction of sp³-hybridized carbons (Fsp3) is 0. The molecule has 0 radical (unpaired) electrons. The molecule has 0 N–H and O–H groups in total. The molecule has 3 nitrogen and oxygen atoms in total. The summed E-state index contributed by atoms with van der Waals surface area (Å²) in [5.74, 6) is 0. The molecule has 0 saturated heterocycles. The van der Waals surface area contributed by atoms with E-state index in [2.05, 4.69) is 0 Å². The molecular formula is C10H7NO2S. The van der Waals surface area contributed by atoms with Gasteiger partial charge in [-0.3, -0.25) is 10.1 Å². The van der Waals surface area contributed by atoms with Crippen molar-refractivity contribution in [1.82, 2.24) is 0 Å². The van der Waals surface area contributed by atoms with Crippen LogP contribution in [0.5, 0.6) is 0 Å². The Morgan fingerprint density at radius 3 is 2.50 bits per heavy atom. The molecule has 0 aliphatic carbocycles. The van der Waals surface area contributed by atoms with Gasteiger partial charge >= 0.3 is 0 Å². The molecule has 1 aromatic heterocycles. The first-order chi connectivity index (χ1) is 6.79. The molecule has 0 fully saturated rings. The number of benzene rings is 1. The van der Waals surface area contributed by atoms with E-state index in [9.17, 15) is 10.1 Å². The molecule has 0 amide bonds. The fourth-order valence-electron chi connectivity index (χ4n) is 1.27. The first-order valence-corrected chi connectivity index (χ1v) is 4.99. The van der Waals surface area contributed by atoms with Crippen LogP contribution in [-0.4, -0.2) is 4.92 Å². The first kappa shape index (κ1) is 8.90. The van der Waals surface area contributed by atoms with Gasteiger partial charge in [-0.1, -0.05) is 30.3 Å².